The van der Waals surface area contributed by atoms with Crippen LogP contribution in [0.2, 0.25) is 0 Å². The lowest BCUT2D eigenvalue weighted by molar-refractivity contribution is -0.142. The number of sulfonamides is 1. The zero-order valence-electron chi connectivity index (χ0n) is 30.0. The Morgan fingerprint density at radius 1 is 1.12 bits per heavy atom. The number of carbonyl (C=O) groups is 6. The molecular formula is C35H46FN5O10S. The Labute approximate surface area is 302 Å². The Kier molecular flexibility index (Phi) is 10.8. The molecule has 0 bridgehead atoms. The van der Waals surface area contributed by atoms with Gasteiger partial charge in [-0.1, -0.05) is 32.1 Å². The van der Waals surface area contributed by atoms with Crippen molar-refractivity contribution in [2.75, 3.05) is 6.54 Å². The van der Waals surface area contributed by atoms with Crippen LogP contribution in [-0.2, 0) is 51.8 Å². The molecule has 1 aromatic carbocycles. The van der Waals surface area contributed by atoms with E-state index < -0.39 is 98.4 Å². The summed E-state index contributed by atoms with van der Waals surface area (Å²) in [6, 6.07) is 1.61. The van der Waals surface area contributed by atoms with Crippen LogP contribution in [0.4, 0.5) is 14.0 Å². The van der Waals surface area contributed by atoms with Crippen LogP contribution in [0, 0.1) is 11.7 Å². The molecular weight excluding hydrogens is 701 g/mol. The van der Waals surface area contributed by atoms with Gasteiger partial charge in [0.2, 0.25) is 21.8 Å². The number of Topliss-reactive ketones (excluding diaryl/α,β-unsaturated/α-hetero) is 1. The number of nitrogens with zero attached hydrogens (tertiary/aromatic N) is 2. The zero-order valence-corrected chi connectivity index (χ0v) is 30.8. The molecule has 17 heteroatoms. The number of carbonyl (C=O) groups excluding carboxylic acids is 6. The van der Waals surface area contributed by atoms with Gasteiger partial charge in [-0.15, -0.1) is 0 Å². The molecule has 2 heterocycles. The van der Waals surface area contributed by atoms with Crippen molar-refractivity contribution in [2.45, 2.75) is 121 Å². The molecule has 0 radical (unpaired) electrons. The third-order valence-electron chi connectivity index (χ3n) is 9.70. The second kappa shape index (κ2) is 14.5. The highest BCUT2D eigenvalue weighted by Gasteiger charge is 2.62. The van der Waals surface area contributed by atoms with Crippen molar-refractivity contribution in [1.82, 2.24) is 25.2 Å². The maximum Gasteiger partial charge on any atom is 0.410 e. The van der Waals surface area contributed by atoms with Gasteiger partial charge in [-0.2, -0.15) is 0 Å². The molecule has 1 saturated heterocycles. The average molecular weight is 748 g/mol. The number of likely N-dealkylation sites (tertiary alicyclic amines) is 1. The van der Waals surface area contributed by atoms with Gasteiger partial charge in [0.05, 0.1) is 18.3 Å². The van der Waals surface area contributed by atoms with Gasteiger partial charge in [-0.05, 0) is 70.1 Å². The smallest absolute Gasteiger partial charge is 0.410 e. The fourth-order valence-electron chi connectivity index (χ4n) is 6.61. The van der Waals surface area contributed by atoms with Gasteiger partial charge < -0.3 is 25.0 Å². The number of nitrogens with one attached hydrogen (secondary N) is 3. The Bertz CT molecular complexity index is 1790. The van der Waals surface area contributed by atoms with Gasteiger partial charge >= 0.3 is 12.2 Å². The number of halogens is 1. The van der Waals surface area contributed by atoms with E-state index in [1.54, 1.807) is 33.8 Å². The highest BCUT2D eigenvalue weighted by atomic mass is 32.2. The first-order valence-electron chi connectivity index (χ1n) is 17.3. The SMILES string of the molecule is C=C(C)C(=O)C[C@H](NC(=O)OC(C)(C)C)C(=O)N1C[C@H](OC(=O)N2Cc3cccc(F)c3C2)C[C@H]1C(=O)N[C@]1(C(=O)NS(=O)(=O)C2CC2)C[C@H]1CC. The minimum atomic E-state index is -3.94. The van der Waals surface area contributed by atoms with Crippen LogP contribution in [0.3, 0.4) is 0 Å². The summed E-state index contributed by atoms with van der Waals surface area (Å²) in [5, 5.41) is 4.44. The molecule has 4 aliphatic rings. The van der Waals surface area contributed by atoms with Gasteiger partial charge in [0.25, 0.3) is 5.91 Å². The van der Waals surface area contributed by atoms with Crippen molar-refractivity contribution >= 4 is 45.7 Å². The molecule has 1 aromatic rings. The molecule has 0 spiro atoms. The lowest BCUT2D eigenvalue weighted by atomic mass is 10.0. The Hall–Kier alpha value is -4.54. The van der Waals surface area contributed by atoms with E-state index >= 15 is 0 Å². The number of ether oxygens (including phenoxy) is 2. The lowest BCUT2D eigenvalue weighted by Crippen LogP contribution is -2.58. The first kappa shape index (κ1) is 38.7. The van der Waals surface area contributed by atoms with Gasteiger partial charge in [0, 0.05) is 24.9 Å². The van der Waals surface area contributed by atoms with E-state index in [2.05, 4.69) is 21.9 Å². The van der Waals surface area contributed by atoms with E-state index in [0.717, 1.165) is 4.90 Å². The summed E-state index contributed by atoms with van der Waals surface area (Å²) in [7, 11) is -3.94. The quantitative estimate of drug-likeness (QED) is 0.267. The first-order chi connectivity index (χ1) is 24.2. The number of fused-ring (bicyclic) bond motifs is 1. The fourth-order valence-corrected chi connectivity index (χ4v) is 7.97. The largest absolute Gasteiger partial charge is 0.444 e. The number of amides is 5. The van der Waals surface area contributed by atoms with Gasteiger partial charge in [-0.25, -0.2) is 22.4 Å². The van der Waals surface area contributed by atoms with E-state index in [1.165, 1.54) is 24.0 Å². The molecule has 3 N–H and O–H groups in total. The van der Waals surface area contributed by atoms with Crippen LogP contribution in [-0.4, -0.2) is 95.0 Å². The van der Waals surface area contributed by atoms with Crippen molar-refractivity contribution < 1.29 is 51.0 Å². The summed E-state index contributed by atoms with van der Waals surface area (Å²) in [4.78, 5) is 83.0. The third-order valence-corrected chi connectivity index (χ3v) is 11.5. The van der Waals surface area contributed by atoms with Crippen molar-refractivity contribution in [3.05, 3.63) is 47.3 Å². The minimum Gasteiger partial charge on any atom is -0.444 e. The van der Waals surface area contributed by atoms with E-state index in [0.29, 0.717) is 30.4 Å². The second-order valence-electron chi connectivity index (χ2n) is 15.0. The van der Waals surface area contributed by atoms with Crippen molar-refractivity contribution in [2.24, 2.45) is 5.92 Å². The molecule has 2 aliphatic carbocycles. The Morgan fingerprint density at radius 3 is 2.38 bits per heavy atom. The Balaban J connectivity index is 1.39. The van der Waals surface area contributed by atoms with Crippen LogP contribution in [0.25, 0.3) is 0 Å². The fraction of sp³-hybridized carbons (Fsp3) is 0.600. The molecule has 5 atom stereocenters. The molecule has 15 nitrogen and oxygen atoms in total. The number of hydrogen-bond donors (Lipinski definition) is 3. The summed E-state index contributed by atoms with van der Waals surface area (Å²) in [6.45, 7) is 11.4. The van der Waals surface area contributed by atoms with E-state index in [4.69, 9.17) is 9.47 Å². The molecule has 284 valence electrons. The number of ketones is 1. The predicted octanol–water partition coefficient (Wildman–Crippen LogP) is 2.57. The highest BCUT2D eigenvalue weighted by Crippen LogP contribution is 2.47. The number of benzene rings is 1. The number of alkyl carbamates (subject to hydrolysis) is 1. The van der Waals surface area contributed by atoms with E-state index in [9.17, 15) is 41.6 Å². The summed E-state index contributed by atoms with van der Waals surface area (Å²) < 4.78 is 52.9. The second-order valence-corrected chi connectivity index (χ2v) is 17.0. The maximum absolute atomic E-state index is 14.4. The minimum absolute atomic E-state index is 0.0508. The Morgan fingerprint density at radius 2 is 1.81 bits per heavy atom. The van der Waals surface area contributed by atoms with Gasteiger partial charge in [-0.3, -0.25) is 28.8 Å². The van der Waals surface area contributed by atoms with Crippen LogP contribution in [0.15, 0.2) is 30.4 Å². The molecule has 2 saturated carbocycles. The lowest BCUT2D eigenvalue weighted by Gasteiger charge is -2.30. The normalized spacial score (nSPS) is 24.3. The van der Waals surface area contributed by atoms with Crippen molar-refractivity contribution in [3.63, 3.8) is 0 Å². The van der Waals surface area contributed by atoms with Crippen molar-refractivity contribution in [3.8, 4) is 0 Å². The van der Waals surface area contributed by atoms with E-state index in [-0.39, 0.29) is 38.0 Å². The summed E-state index contributed by atoms with van der Waals surface area (Å²) in [5.74, 6) is -3.97. The predicted molar refractivity (Wildman–Crippen MR) is 183 cm³/mol. The molecule has 0 unspecified atom stereocenters. The third kappa shape index (κ3) is 8.56. The molecule has 52 heavy (non-hydrogen) atoms. The van der Waals surface area contributed by atoms with Crippen LogP contribution < -0.4 is 15.4 Å². The van der Waals surface area contributed by atoms with Crippen LogP contribution in [0.1, 0.15) is 84.3 Å². The number of rotatable bonds is 12. The molecule has 3 fully saturated rings. The number of allylic oxidation sites excluding steroid dienone is 1. The summed E-state index contributed by atoms with van der Waals surface area (Å²) in [6.07, 6.45) is -2.21. The van der Waals surface area contributed by atoms with E-state index in [1.807, 2.05) is 0 Å². The van der Waals surface area contributed by atoms with Crippen LogP contribution >= 0.6 is 0 Å². The van der Waals surface area contributed by atoms with Crippen LogP contribution in [0.5, 0.6) is 0 Å². The standard InChI is InChI=1S/C35H46FN5O10S/c1-7-21-15-35(21,31(45)39-52(48,49)23-11-12-23)38-29(43)27-13-22(50-33(47)40-16-20-9-8-10-25(36)24(20)18-40)17-41(27)30(44)26(14-28(42)19(2)3)37-32(46)51-34(4,5)6/h8-10,21-23,26-27H,2,7,11-18H2,1,3-6H3,(H,37,46)(H,38,43)(H,39,45)/t21-,22-,26+,27+,35-/m1/s1. The monoisotopic (exact) mass is 747 g/mol. The molecule has 2 aliphatic heterocycles. The maximum atomic E-state index is 14.4. The summed E-state index contributed by atoms with van der Waals surface area (Å²) in [5.41, 5.74) is -1.45. The van der Waals surface area contributed by atoms with Crippen molar-refractivity contribution in [1.29, 1.82) is 0 Å². The number of hydrogen-bond acceptors (Lipinski definition) is 10. The highest BCUT2D eigenvalue weighted by molar-refractivity contribution is 7.91. The first-order valence-corrected chi connectivity index (χ1v) is 18.9. The van der Waals surface area contributed by atoms with Gasteiger partial charge in [0.1, 0.15) is 35.1 Å². The summed E-state index contributed by atoms with van der Waals surface area (Å²) >= 11 is 0. The molecule has 5 amide bonds. The molecule has 0 aromatic heterocycles. The topological polar surface area (TPSA) is 198 Å². The zero-order chi connectivity index (χ0) is 38.3. The molecule has 5 rings (SSSR count). The van der Waals surface area contributed by atoms with Gasteiger partial charge in [0.15, 0.2) is 5.78 Å². The average Bonchev–Trinajstić information content (AvgIpc) is 3.94.